The molecule has 1 fully saturated rings. The van der Waals surface area contributed by atoms with Crippen molar-refractivity contribution in [1.29, 1.82) is 0 Å². The van der Waals surface area contributed by atoms with Crippen LogP contribution in [0, 0.1) is 11.6 Å². The smallest absolute Gasteiger partial charge is 0.184 e. The molecule has 1 heterocycles. The summed E-state index contributed by atoms with van der Waals surface area (Å²) in [5, 5.41) is 0. The van der Waals surface area contributed by atoms with Crippen LogP contribution in [0.5, 0.6) is 0 Å². The number of rotatable bonds is 5. The van der Waals surface area contributed by atoms with E-state index in [-0.39, 0.29) is 10.3 Å². The molecule has 0 unspecified atom stereocenters. The molecule has 21 heavy (non-hydrogen) atoms. The summed E-state index contributed by atoms with van der Waals surface area (Å²) in [5.74, 6) is -0.478. The van der Waals surface area contributed by atoms with Gasteiger partial charge in [0.25, 0.3) is 0 Å². The largest absolute Gasteiger partial charge is 0.324 e. The van der Waals surface area contributed by atoms with Crippen molar-refractivity contribution in [3.8, 4) is 0 Å². The Kier molecular flexibility index (Phi) is 4.14. The fraction of sp³-hybridized carbons (Fsp3) is 0.533. The highest BCUT2D eigenvalue weighted by atomic mass is 35.5. The molecular formula is C15H17ClF2N2S. The van der Waals surface area contributed by atoms with Crippen molar-refractivity contribution in [2.75, 3.05) is 12.1 Å². The third-order valence-electron chi connectivity index (χ3n) is 4.34. The van der Waals surface area contributed by atoms with Gasteiger partial charge in [-0.25, -0.2) is 13.8 Å². The minimum Gasteiger partial charge on any atom is -0.324 e. The summed E-state index contributed by atoms with van der Waals surface area (Å²) in [6.45, 7) is 0.664. The summed E-state index contributed by atoms with van der Waals surface area (Å²) in [6.07, 6.45) is 6.03. The Labute approximate surface area is 131 Å². The molecule has 0 N–H and O–H groups in total. The quantitative estimate of drug-likeness (QED) is 0.757. The zero-order valence-electron chi connectivity index (χ0n) is 11.8. The van der Waals surface area contributed by atoms with E-state index in [1.54, 1.807) is 11.8 Å². The fourth-order valence-corrected chi connectivity index (χ4v) is 4.06. The van der Waals surface area contributed by atoms with Crippen molar-refractivity contribution in [3.63, 3.8) is 0 Å². The first-order valence-electron chi connectivity index (χ1n) is 7.04. The van der Waals surface area contributed by atoms with Gasteiger partial charge in [-0.1, -0.05) is 6.42 Å². The average Bonchev–Trinajstić information content (AvgIpc) is 2.77. The Morgan fingerprint density at radius 3 is 2.71 bits per heavy atom. The van der Waals surface area contributed by atoms with E-state index in [2.05, 4.69) is 11.2 Å². The molecule has 1 aliphatic rings. The van der Waals surface area contributed by atoms with Crippen LogP contribution >= 0.6 is 23.4 Å². The Morgan fingerprint density at radius 1 is 1.38 bits per heavy atom. The minimum atomic E-state index is -0.826. The second kappa shape index (κ2) is 5.76. The molecule has 0 atom stereocenters. The molecule has 0 aliphatic heterocycles. The van der Waals surface area contributed by atoms with E-state index in [9.17, 15) is 8.78 Å². The number of thioether (sulfide) groups is 1. The molecule has 6 heteroatoms. The SMILES string of the molecule is CSC1(Cn2c(CCCl)nc3ccc(F)c(F)c32)CCC1. The van der Waals surface area contributed by atoms with Gasteiger partial charge in [-0.3, -0.25) is 0 Å². The summed E-state index contributed by atoms with van der Waals surface area (Å²) >= 11 is 7.64. The van der Waals surface area contributed by atoms with E-state index in [0.29, 0.717) is 24.4 Å². The van der Waals surface area contributed by atoms with Gasteiger partial charge in [0, 0.05) is 23.6 Å². The van der Waals surface area contributed by atoms with Gasteiger partial charge in [-0.2, -0.15) is 11.8 Å². The number of hydrogen-bond donors (Lipinski definition) is 0. The third-order valence-corrected chi connectivity index (χ3v) is 5.93. The number of fused-ring (bicyclic) bond motifs is 1. The molecule has 0 saturated heterocycles. The second-order valence-electron chi connectivity index (χ2n) is 5.52. The lowest BCUT2D eigenvalue weighted by Gasteiger charge is -2.41. The van der Waals surface area contributed by atoms with E-state index in [1.165, 1.54) is 12.5 Å². The molecular weight excluding hydrogens is 314 g/mol. The van der Waals surface area contributed by atoms with Gasteiger partial charge in [0.05, 0.1) is 5.52 Å². The molecule has 0 bridgehead atoms. The van der Waals surface area contributed by atoms with Gasteiger partial charge in [0.1, 0.15) is 11.3 Å². The van der Waals surface area contributed by atoms with Crippen molar-refractivity contribution in [1.82, 2.24) is 9.55 Å². The first-order valence-corrected chi connectivity index (χ1v) is 8.80. The Hall–Kier alpha value is -0.810. The number of nitrogens with zero attached hydrogens (tertiary/aromatic N) is 2. The maximum Gasteiger partial charge on any atom is 0.184 e. The lowest BCUT2D eigenvalue weighted by Crippen LogP contribution is -2.38. The molecule has 1 aliphatic carbocycles. The molecule has 2 nitrogen and oxygen atoms in total. The van der Waals surface area contributed by atoms with Gasteiger partial charge in [-0.05, 0) is 31.2 Å². The van der Waals surface area contributed by atoms with Gasteiger partial charge >= 0.3 is 0 Å². The molecule has 3 rings (SSSR count). The Bertz CT molecular complexity index is 662. The summed E-state index contributed by atoms with van der Waals surface area (Å²) in [5.41, 5.74) is 0.778. The number of alkyl halides is 1. The molecule has 1 aromatic heterocycles. The zero-order valence-corrected chi connectivity index (χ0v) is 13.4. The lowest BCUT2D eigenvalue weighted by atomic mass is 9.84. The van der Waals surface area contributed by atoms with E-state index in [1.807, 2.05) is 4.57 Å². The fourth-order valence-electron chi connectivity index (χ4n) is 2.94. The predicted octanol–water partition coefficient (Wildman–Crippen LogP) is 4.38. The number of imidazole rings is 1. The standard InChI is InChI=1S/C15H17ClF2N2S/c1-21-15(6-2-7-15)9-20-12(5-8-16)19-11-4-3-10(17)13(18)14(11)20/h3-4H,2,5-9H2,1H3. The molecule has 0 radical (unpaired) electrons. The highest BCUT2D eigenvalue weighted by molar-refractivity contribution is 8.00. The number of benzene rings is 1. The first kappa shape index (κ1) is 15.1. The Morgan fingerprint density at radius 2 is 2.14 bits per heavy atom. The first-order chi connectivity index (χ1) is 10.1. The van der Waals surface area contributed by atoms with Crippen LogP contribution in [0.4, 0.5) is 8.78 Å². The normalized spacial score (nSPS) is 17.1. The number of hydrogen-bond acceptors (Lipinski definition) is 2. The van der Waals surface area contributed by atoms with Crippen LogP contribution in [-0.4, -0.2) is 26.4 Å². The average molecular weight is 331 g/mol. The minimum absolute atomic E-state index is 0.119. The second-order valence-corrected chi connectivity index (χ2v) is 7.18. The number of aryl methyl sites for hydroxylation is 1. The molecule has 0 amide bonds. The predicted molar refractivity (Wildman–Crippen MR) is 84.2 cm³/mol. The molecule has 0 spiro atoms. The van der Waals surface area contributed by atoms with Crippen LogP contribution in [0.25, 0.3) is 11.0 Å². The van der Waals surface area contributed by atoms with Crippen molar-refractivity contribution in [2.24, 2.45) is 0 Å². The lowest BCUT2D eigenvalue weighted by molar-refractivity contribution is 0.320. The van der Waals surface area contributed by atoms with E-state index >= 15 is 0 Å². The van der Waals surface area contributed by atoms with Crippen molar-refractivity contribution in [2.45, 2.75) is 37.0 Å². The highest BCUT2D eigenvalue weighted by Crippen LogP contribution is 2.45. The maximum atomic E-state index is 14.2. The van der Waals surface area contributed by atoms with Crippen molar-refractivity contribution < 1.29 is 8.78 Å². The van der Waals surface area contributed by atoms with Gasteiger partial charge in [-0.15, -0.1) is 11.6 Å². The number of halogens is 3. The highest BCUT2D eigenvalue weighted by Gasteiger charge is 2.37. The van der Waals surface area contributed by atoms with Crippen LogP contribution in [0.2, 0.25) is 0 Å². The van der Waals surface area contributed by atoms with Crippen LogP contribution in [0.1, 0.15) is 25.1 Å². The zero-order chi connectivity index (χ0) is 15.0. The summed E-state index contributed by atoms with van der Waals surface area (Å²) < 4.78 is 29.8. The summed E-state index contributed by atoms with van der Waals surface area (Å²) in [7, 11) is 0. The molecule has 2 aromatic rings. The van der Waals surface area contributed by atoms with Crippen molar-refractivity contribution >= 4 is 34.4 Å². The molecule has 114 valence electrons. The topological polar surface area (TPSA) is 17.8 Å². The van der Waals surface area contributed by atoms with Crippen LogP contribution in [0.15, 0.2) is 12.1 Å². The van der Waals surface area contributed by atoms with Crippen LogP contribution < -0.4 is 0 Å². The third kappa shape index (κ3) is 2.55. The maximum absolute atomic E-state index is 14.2. The monoisotopic (exact) mass is 330 g/mol. The van der Waals surface area contributed by atoms with E-state index in [4.69, 9.17) is 11.6 Å². The summed E-state index contributed by atoms with van der Waals surface area (Å²) in [6, 6.07) is 2.67. The van der Waals surface area contributed by atoms with E-state index < -0.39 is 11.6 Å². The van der Waals surface area contributed by atoms with Gasteiger partial charge in [0.15, 0.2) is 11.6 Å². The van der Waals surface area contributed by atoms with Gasteiger partial charge in [0.2, 0.25) is 0 Å². The molecule has 1 aromatic carbocycles. The molecule has 1 saturated carbocycles. The van der Waals surface area contributed by atoms with Gasteiger partial charge < -0.3 is 4.57 Å². The van der Waals surface area contributed by atoms with Crippen LogP contribution in [0.3, 0.4) is 0 Å². The Balaban J connectivity index is 2.12. The van der Waals surface area contributed by atoms with Crippen LogP contribution in [-0.2, 0) is 13.0 Å². The van der Waals surface area contributed by atoms with E-state index in [0.717, 1.165) is 24.7 Å². The number of aromatic nitrogens is 2. The van der Waals surface area contributed by atoms with Crippen molar-refractivity contribution in [3.05, 3.63) is 29.6 Å². The summed E-state index contributed by atoms with van der Waals surface area (Å²) in [4.78, 5) is 4.44.